The van der Waals surface area contributed by atoms with E-state index in [1.165, 1.54) is 17.2 Å². The molecule has 1 saturated carbocycles. The van der Waals surface area contributed by atoms with Crippen LogP contribution in [-0.2, 0) is 16.1 Å². The molecule has 0 bridgehead atoms. The predicted octanol–water partition coefficient (Wildman–Crippen LogP) is 5.59. The number of nitrogens with one attached hydrogen (secondary N) is 1. The van der Waals surface area contributed by atoms with E-state index in [0.29, 0.717) is 35.5 Å². The number of benzene rings is 1. The number of aromatic amines is 1. The van der Waals surface area contributed by atoms with Gasteiger partial charge in [-0.1, -0.05) is 11.6 Å². The van der Waals surface area contributed by atoms with Crippen LogP contribution in [0.5, 0.6) is 5.75 Å². The van der Waals surface area contributed by atoms with Gasteiger partial charge in [-0.15, -0.1) is 0 Å². The number of rotatable bonds is 4. The molecule has 0 amide bonds. The van der Waals surface area contributed by atoms with Crippen LogP contribution in [0.3, 0.4) is 0 Å². The van der Waals surface area contributed by atoms with Crippen LogP contribution in [0, 0.1) is 17.6 Å². The molecular formula is C27H29ClF2N4O4. The number of halogens is 3. The van der Waals surface area contributed by atoms with Gasteiger partial charge in [0.15, 0.2) is 0 Å². The van der Waals surface area contributed by atoms with E-state index in [2.05, 4.69) is 15.2 Å². The summed E-state index contributed by atoms with van der Waals surface area (Å²) in [6, 6.07) is 3.21. The number of hydrogen-bond acceptors (Lipinski definition) is 7. The number of nitrogens with zero attached hydrogens (tertiary/aromatic N) is 3. The van der Waals surface area contributed by atoms with Crippen molar-refractivity contribution >= 4 is 35.2 Å². The molecule has 202 valence electrons. The van der Waals surface area contributed by atoms with Crippen LogP contribution in [-0.4, -0.2) is 29.4 Å². The van der Waals surface area contributed by atoms with Crippen LogP contribution in [0.25, 0.3) is 11.8 Å². The zero-order chi connectivity index (χ0) is 27.0. The summed E-state index contributed by atoms with van der Waals surface area (Å²) >= 11 is 6.38. The molecule has 0 spiro atoms. The molecule has 5 rings (SSSR count). The minimum absolute atomic E-state index is 0.107. The average molecular weight is 547 g/mol. The Morgan fingerprint density at radius 3 is 2.53 bits per heavy atom. The number of anilines is 1. The Morgan fingerprint density at radius 1 is 1.13 bits per heavy atom. The Balaban J connectivity index is 1.39. The lowest BCUT2D eigenvalue weighted by atomic mass is 9.84. The van der Waals surface area contributed by atoms with Crippen molar-refractivity contribution in [3.8, 4) is 5.75 Å². The zero-order valence-corrected chi connectivity index (χ0v) is 22.1. The van der Waals surface area contributed by atoms with Gasteiger partial charge in [-0.25, -0.2) is 13.6 Å². The minimum atomic E-state index is -0.817. The number of carbonyl (C=O) groups is 1. The van der Waals surface area contributed by atoms with E-state index in [9.17, 15) is 13.6 Å². The number of azo groups is 1. The number of carbonyl (C=O) groups excluding carboxylic acids is 1. The third-order valence-electron chi connectivity index (χ3n) is 6.52. The monoisotopic (exact) mass is 546 g/mol. The molecule has 8 nitrogen and oxygen atoms in total. The standard InChI is InChI=1S/C27H29ClF2N4O4/c1-27(2,3)37-26(35)38-34-9-8-16(28)10-22-25(34)21-14-31-33-23(24(21)32-22)15-4-6-19(7-5-15)36-20-12-17(29)11-18(30)13-20/h8,10-13,15,19,32H,4-7,9,14H2,1-3H3/t15-,19-. The molecule has 0 saturated heterocycles. The summed E-state index contributed by atoms with van der Waals surface area (Å²) < 4.78 is 38.3. The topological polar surface area (TPSA) is 88.5 Å². The van der Waals surface area contributed by atoms with Crippen LogP contribution in [0.1, 0.15) is 52.0 Å². The number of allylic oxidation sites excluding steroid dienone is 1. The molecule has 3 heterocycles. The maximum atomic E-state index is 13.5. The van der Waals surface area contributed by atoms with Crippen molar-refractivity contribution in [2.75, 3.05) is 11.6 Å². The van der Waals surface area contributed by atoms with Crippen molar-refractivity contribution in [2.24, 2.45) is 16.1 Å². The highest BCUT2D eigenvalue weighted by Crippen LogP contribution is 2.35. The Hall–Kier alpha value is -3.40. The number of aromatic nitrogens is 1. The van der Waals surface area contributed by atoms with E-state index in [1.807, 2.05) is 0 Å². The lowest BCUT2D eigenvalue weighted by Crippen LogP contribution is -2.34. The summed E-state index contributed by atoms with van der Waals surface area (Å²) in [7, 11) is 0. The van der Waals surface area contributed by atoms with Crippen molar-refractivity contribution in [1.82, 2.24) is 4.98 Å². The van der Waals surface area contributed by atoms with E-state index in [-0.39, 0.29) is 24.3 Å². The number of hydrogen-bond donors (Lipinski definition) is 1. The number of H-pyrrole nitrogens is 1. The van der Waals surface area contributed by atoms with Gasteiger partial charge in [0.1, 0.15) is 28.7 Å². The van der Waals surface area contributed by atoms with E-state index in [1.54, 1.807) is 32.9 Å². The summed E-state index contributed by atoms with van der Waals surface area (Å²) in [5.41, 5.74) is 1.64. The van der Waals surface area contributed by atoms with Crippen molar-refractivity contribution in [2.45, 2.75) is 64.7 Å². The second kappa shape index (κ2) is 10.4. The number of fused-ring (bicyclic) bond motifs is 3. The number of hydroxylamine groups is 1. The van der Waals surface area contributed by atoms with Gasteiger partial charge in [0.2, 0.25) is 0 Å². The Morgan fingerprint density at radius 2 is 1.84 bits per heavy atom. The molecule has 3 aliphatic rings. The molecule has 0 atom stereocenters. The van der Waals surface area contributed by atoms with Gasteiger partial charge < -0.3 is 19.3 Å². The van der Waals surface area contributed by atoms with Gasteiger partial charge in [-0.05, 0) is 58.6 Å². The lowest BCUT2D eigenvalue weighted by Gasteiger charge is -2.29. The largest absolute Gasteiger partial charge is 0.533 e. The molecule has 2 aromatic rings. The fourth-order valence-electron chi connectivity index (χ4n) is 4.97. The maximum Gasteiger partial charge on any atom is 0.533 e. The summed E-state index contributed by atoms with van der Waals surface area (Å²) in [5.74, 6) is -1.03. The Bertz CT molecular complexity index is 1400. The first-order chi connectivity index (χ1) is 18.1. The zero-order valence-electron chi connectivity index (χ0n) is 21.4. The molecule has 1 fully saturated rings. The lowest BCUT2D eigenvalue weighted by molar-refractivity contribution is -0.0116. The molecule has 1 aromatic carbocycles. The molecule has 11 heteroatoms. The van der Waals surface area contributed by atoms with Crippen molar-refractivity contribution < 1.29 is 27.9 Å². The minimum Gasteiger partial charge on any atom is -0.490 e. The van der Waals surface area contributed by atoms with Crippen LogP contribution >= 0.6 is 11.6 Å². The fraction of sp³-hybridized carbons (Fsp3) is 0.444. The summed E-state index contributed by atoms with van der Waals surface area (Å²) in [6.07, 6.45) is 5.50. The Kier molecular flexibility index (Phi) is 7.17. The second-order valence-electron chi connectivity index (χ2n) is 10.6. The van der Waals surface area contributed by atoms with Crippen LogP contribution < -0.4 is 20.5 Å². The third-order valence-corrected chi connectivity index (χ3v) is 6.79. The van der Waals surface area contributed by atoms with E-state index >= 15 is 0 Å². The van der Waals surface area contributed by atoms with Crippen molar-refractivity contribution in [3.63, 3.8) is 0 Å². The van der Waals surface area contributed by atoms with Crippen LogP contribution in [0.15, 0.2) is 39.5 Å². The smallest absolute Gasteiger partial charge is 0.490 e. The third kappa shape index (κ3) is 5.85. The van der Waals surface area contributed by atoms with Crippen LogP contribution in [0.4, 0.5) is 19.3 Å². The molecule has 1 aliphatic carbocycles. The fourth-order valence-corrected chi connectivity index (χ4v) is 5.15. The van der Waals surface area contributed by atoms with E-state index < -0.39 is 23.4 Å². The quantitative estimate of drug-likeness (QED) is 0.505. The summed E-state index contributed by atoms with van der Waals surface area (Å²) in [5, 5.41) is 12.4. The Labute approximate surface area is 223 Å². The highest BCUT2D eigenvalue weighted by atomic mass is 35.5. The number of ether oxygens (including phenoxy) is 2. The SMILES string of the molecule is CC(C)(C)OC(=O)ON1CC=C(Cl)C=c2[nH]c3c(c21)CN=NC=3[C@H]1CC[C@H](Oc2cc(F)cc(F)c2)CC1. The first-order valence-electron chi connectivity index (χ1n) is 12.6. The average Bonchev–Trinajstić information content (AvgIpc) is 3.10. The van der Waals surface area contributed by atoms with Gasteiger partial charge >= 0.3 is 6.16 Å². The molecule has 0 unspecified atom stereocenters. The van der Waals surface area contributed by atoms with Crippen molar-refractivity contribution in [1.29, 1.82) is 0 Å². The molecular weight excluding hydrogens is 518 g/mol. The van der Waals surface area contributed by atoms with Gasteiger partial charge in [0.25, 0.3) is 0 Å². The molecule has 38 heavy (non-hydrogen) atoms. The molecule has 1 aromatic heterocycles. The molecule has 1 N–H and O–H groups in total. The second-order valence-corrected chi connectivity index (χ2v) is 11.0. The maximum absolute atomic E-state index is 13.5. The summed E-state index contributed by atoms with van der Waals surface area (Å²) in [6.45, 7) is 5.85. The molecule has 2 aliphatic heterocycles. The first kappa shape index (κ1) is 26.2. The first-order valence-corrected chi connectivity index (χ1v) is 12.9. The van der Waals surface area contributed by atoms with Gasteiger partial charge in [-0.2, -0.15) is 15.3 Å². The van der Waals surface area contributed by atoms with Gasteiger partial charge in [-0.3, -0.25) is 0 Å². The van der Waals surface area contributed by atoms with Gasteiger partial charge in [0, 0.05) is 34.7 Å². The highest BCUT2D eigenvalue weighted by Gasteiger charge is 2.31. The molecule has 0 radical (unpaired) electrons. The van der Waals surface area contributed by atoms with Gasteiger partial charge in [0.05, 0.1) is 35.6 Å². The highest BCUT2D eigenvalue weighted by molar-refractivity contribution is 6.34. The predicted molar refractivity (Wildman–Crippen MR) is 138 cm³/mol. The van der Waals surface area contributed by atoms with Crippen molar-refractivity contribution in [3.05, 3.63) is 57.2 Å². The van der Waals surface area contributed by atoms with E-state index in [4.69, 9.17) is 25.9 Å². The van der Waals surface area contributed by atoms with Crippen LogP contribution in [0.2, 0.25) is 0 Å². The normalized spacial score (nSPS) is 21.1. The summed E-state index contributed by atoms with van der Waals surface area (Å²) in [4.78, 5) is 21.5. The van der Waals surface area contributed by atoms with E-state index in [0.717, 1.165) is 35.5 Å².